The summed E-state index contributed by atoms with van der Waals surface area (Å²) < 4.78 is 0. The Balaban J connectivity index is 3.79. The van der Waals surface area contributed by atoms with E-state index in [1.165, 1.54) is 128 Å². The van der Waals surface area contributed by atoms with Crippen molar-refractivity contribution in [3.63, 3.8) is 0 Å². The van der Waals surface area contributed by atoms with Crippen LogP contribution in [0.3, 0.4) is 0 Å². The zero-order valence-electron chi connectivity index (χ0n) is 30.5. The van der Waals surface area contributed by atoms with Crippen molar-refractivity contribution in [3.8, 4) is 0 Å². The van der Waals surface area contributed by atoms with Crippen LogP contribution in [-0.2, 0) is 4.79 Å². The van der Waals surface area contributed by atoms with Crippen molar-refractivity contribution in [2.24, 2.45) is 0 Å². The lowest BCUT2D eigenvalue weighted by molar-refractivity contribution is -0.124. The molecule has 0 aromatic carbocycles. The summed E-state index contributed by atoms with van der Waals surface area (Å²) in [6, 6.07) is -0.764. The first kappa shape index (κ1) is 44.6. The largest absolute Gasteiger partial charge is 0.394 e. The maximum atomic E-state index is 12.4. The highest BCUT2D eigenvalue weighted by Gasteiger charge is 2.20. The van der Waals surface area contributed by atoms with Gasteiger partial charge in [0.15, 0.2) is 0 Å². The fraction of sp³-hybridized carbons (Fsp3) is 0.829. The number of aliphatic hydroxyl groups is 3. The lowest BCUT2D eigenvalue weighted by atomic mass is 10.0. The van der Waals surface area contributed by atoms with Crippen LogP contribution in [0, 0.1) is 0 Å². The maximum absolute atomic E-state index is 12.4. The third-order valence-electron chi connectivity index (χ3n) is 8.91. The molecule has 3 atom stereocenters. The van der Waals surface area contributed by atoms with E-state index in [9.17, 15) is 20.1 Å². The van der Waals surface area contributed by atoms with Gasteiger partial charge in [0.1, 0.15) is 0 Å². The van der Waals surface area contributed by atoms with Crippen LogP contribution >= 0.6 is 0 Å². The molecule has 0 aliphatic carbocycles. The monoisotopic (exact) mass is 648 g/mol. The Kier molecular flexibility index (Phi) is 35.3. The number of unbranched alkanes of at least 4 members (excludes halogenated alkanes) is 22. The first-order valence-corrected chi connectivity index (χ1v) is 19.8. The SMILES string of the molecule is CCCCCCCCC/C=C/CC/C=C/CC/C=C/C(O)C(CO)NC(=O)CC(O)CCCCCCCCCCCCCCCC. The van der Waals surface area contributed by atoms with Crippen molar-refractivity contribution in [2.45, 2.75) is 212 Å². The molecule has 3 unspecified atom stereocenters. The molecule has 0 radical (unpaired) electrons. The minimum absolute atomic E-state index is 0.00445. The first-order valence-electron chi connectivity index (χ1n) is 19.8. The zero-order valence-corrected chi connectivity index (χ0v) is 30.5. The number of hydrogen-bond acceptors (Lipinski definition) is 4. The smallest absolute Gasteiger partial charge is 0.222 e. The van der Waals surface area contributed by atoms with Crippen molar-refractivity contribution in [2.75, 3.05) is 6.61 Å². The number of rotatable bonds is 35. The van der Waals surface area contributed by atoms with E-state index in [1.54, 1.807) is 6.08 Å². The van der Waals surface area contributed by atoms with Crippen molar-refractivity contribution in [3.05, 3.63) is 36.5 Å². The summed E-state index contributed by atoms with van der Waals surface area (Å²) in [6.07, 6.45) is 44.1. The molecule has 4 N–H and O–H groups in total. The van der Waals surface area contributed by atoms with Gasteiger partial charge in [0.2, 0.25) is 5.91 Å². The van der Waals surface area contributed by atoms with E-state index >= 15 is 0 Å². The molecule has 0 aliphatic rings. The predicted molar refractivity (Wildman–Crippen MR) is 199 cm³/mol. The molecule has 0 aromatic rings. The van der Waals surface area contributed by atoms with Gasteiger partial charge >= 0.3 is 0 Å². The van der Waals surface area contributed by atoms with Gasteiger partial charge < -0.3 is 20.6 Å². The molecule has 5 nitrogen and oxygen atoms in total. The summed E-state index contributed by atoms with van der Waals surface area (Å²) in [4.78, 5) is 12.4. The summed E-state index contributed by atoms with van der Waals surface area (Å²) in [5.74, 6) is -0.330. The van der Waals surface area contributed by atoms with Crippen LogP contribution in [0.4, 0.5) is 0 Å². The molecule has 5 heteroatoms. The molecule has 46 heavy (non-hydrogen) atoms. The Morgan fingerprint density at radius 1 is 0.543 bits per heavy atom. The van der Waals surface area contributed by atoms with E-state index in [0.29, 0.717) is 6.42 Å². The Labute approximate surface area is 285 Å². The van der Waals surface area contributed by atoms with Crippen molar-refractivity contribution in [1.29, 1.82) is 0 Å². The normalized spacial score (nSPS) is 14.1. The van der Waals surface area contributed by atoms with Crippen LogP contribution in [-0.4, -0.2) is 46.1 Å². The van der Waals surface area contributed by atoms with Crippen LogP contribution in [0.5, 0.6) is 0 Å². The van der Waals surface area contributed by atoms with Gasteiger partial charge in [-0.15, -0.1) is 0 Å². The average Bonchev–Trinajstić information content (AvgIpc) is 3.05. The number of hydrogen-bond donors (Lipinski definition) is 4. The molecular formula is C41H77NO4. The summed E-state index contributed by atoms with van der Waals surface area (Å²) in [5.41, 5.74) is 0. The van der Waals surface area contributed by atoms with Gasteiger partial charge in [-0.2, -0.15) is 0 Å². The number of allylic oxidation sites excluding steroid dienone is 5. The van der Waals surface area contributed by atoms with Crippen molar-refractivity contribution < 1.29 is 20.1 Å². The Hall–Kier alpha value is -1.43. The fourth-order valence-corrected chi connectivity index (χ4v) is 5.84. The standard InChI is InChI=1S/C41H77NO4/c1-3-5-7-9-11-13-15-17-19-20-21-23-25-27-29-31-33-35-40(45)39(37-43)42-41(46)36-38(44)34-32-30-28-26-24-22-18-16-14-12-10-8-6-4-2/h19-20,25,27,33,35,38-40,43-45H,3-18,21-24,26,28-32,34,36-37H2,1-2H3,(H,42,46)/b20-19+,27-25+,35-33+. The second kappa shape index (κ2) is 36.4. The number of aliphatic hydroxyl groups excluding tert-OH is 3. The Morgan fingerprint density at radius 2 is 0.935 bits per heavy atom. The molecule has 0 saturated carbocycles. The topological polar surface area (TPSA) is 89.8 Å². The summed E-state index contributed by atoms with van der Waals surface area (Å²) in [6.45, 7) is 4.18. The molecule has 0 saturated heterocycles. The summed E-state index contributed by atoms with van der Waals surface area (Å²) >= 11 is 0. The predicted octanol–water partition coefficient (Wildman–Crippen LogP) is 10.8. The number of amides is 1. The summed E-state index contributed by atoms with van der Waals surface area (Å²) in [5, 5.41) is 33.1. The lowest BCUT2D eigenvalue weighted by Crippen LogP contribution is -2.45. The fourth-order valence-electron chi connectivity index (χ4n) is 5.84. The van der Waals surface area contributed by atoms with Gasteiger partial charge in [-0.1, -0.05) is 179 Å². The van der Waals surface area contributed by atoms with Gasteiger partial charge in [-0.25, -0.2) is 0 Å². The Morgan fingerprint density at radius 3 is 1.39 bits per heavy atom. The second-order valence-electron chi connectivity index (χ2n) is 13.5. The maximum Gasteiger partial charge on any atom is 0.222 e. The third-order valence-corrected chi connectivity index (χ3v) is 8.91. The minimum Gasteiger partial charge on any atom is -0.394 e. The molecule has 0 heterocycles. The minimum atomic E-state index is -0.956. The lowest BCUT2D eigenvalue weighted by Gasteiger charge is -2.21. The second-order valence-corrected chi connectivity index (χ2v) is 13.5. The van der Waals surface area contributed by atoms with E-state index < -0.39 is 18.2 Å². The highest BCUT2D eigenvalue weighted by atomic mass is 16.3. The molecular weight excluding hydrogens is 570 g/mol. The summed E-state index contributed by atoms with van der Waals surface area (Å²) in [7, 11) is 0. The van der Waals surface area contributed by atoms with E-state index in [-0.39, 0.29) is 18.9 Å². The van der Waals surface area contributed by atoms with Crippen LogP contribution in [0.2, 0.25) is 0 Å². The van der Waals surface area contributed by atoms with Crippen molar-refractivity contribution in [1.82, 2.24) is 5.32 Å². The molecule has 0 spiro atoms. The molecule has 0 aliphatic heterocycles. The van der Waals surface area contributed by atoms with Crippen LogP contribution in [0.1, 0.15) is 194 Å². The number of nitrogens with one attached hydrogen (secondary N) is 1. The van der Waals surface area contributed by atoms with Crippen LogP contribution < -0.4 is 5.32 Å². The molecule has 270 valence electrons. The van der Waals surface area contributed by atoms with Gasteiger partial charge in [-0.3, -0.25) is 4.79 Å². The van der Waals surface area contributed by atoms with E-state index in [2.05, 4.69) is 43.5 Å². The highest BCUT2D eigenvalue weighted by Crippen LogP contribution is 2.15. The van der Waals surface area contributed by atoms with Crippen LogP contribution in [0.25, 0.3) is 0 Å². The molecule has 1 amide bonds. The van der Waals surface area contributed by atoms with Crippen LogP contribution in [0.15, 0.2) is 36.5 Å². The number of carbonyl (C=O) groups is 1. The third kappa shape index (κ3) is 32.5. The van der Waals surface area contributed by atoms with Crippen molar-refractivity contribution >= 4 is 5.91 Å². The van der Waals surface area contributed by atoms with Gasteiger partial charge in [0.05, 0.1) is 31.3 Å². The van der Waals surface area contributed by atoms with E-state index in [1.807, 2.05) is 6.08 Å². The van der Waals surface area contributed by atoms with E-state index in [0.717, 1.165) is 38.5 Å². The quantitative estimate of drug-likeness (QED) is 0.0407. The van der Waals surface area contributed by atoms with Gasteiger partial charge in [-0.05, 0) is 44.9 Å². The van der Waals surface area contributed by atoms with E-state index in [4.69, 9.17) is 0 Å². The highest BCUT2D eigenvalue weighted by molar-refractivity contribution is 5.76. The Bertz CT molecular complexity index is 719. The molecule has 0 aromatic heterocycles. The molecule has 0 bridgehead atoms. The zero-order chi connectivity index (χ0) is 33.8. The number of carbonyl (C=O) groups excluding carboxylic acids is 1. The molecule has 0 rings (SSSR count). The van der Waals surface area contributed by atoms with Gasteiger partial charge in [0.25, 0.3) is 0 Å². The van der Waals surface area contributed by atoms with Gasteiger partial charge in [0, 0.05) is 0 Å². The molecule has 0 fully saturated rings. The first-order chi connectivity index (χ1) is 22.5. The average molecular weight is 648 g/mol.